The average molecular weight is 354 g/mol. The predicted molar refractivity (Wildman–Crippen MR) is 87.4 cm³/mol. The highest BCUT2D eigenvalue weighted by molar-refractivity contribution is 7.89. The third-order valence-electron chi connectivity index (χ3n) is 4.20. The fourth-order valence-electron chi connectivity index (χ4n) is 2.85. The van der Waals surface area contributed by atoms with Crippen LogP contribution in [0.3, 0.4) is 0 Å². The average Bonchev–Trinajstić information content (AvgIpc) is 2.92. The molecule has 2 saturated heterocycles. The molecule has 0 spiro atoms. The monoisotopic (exact) mass is 354 g/mol. The molecule has 2 aliphatic rings. The van der Waals surface area contributed by atoms with Gasteiger partial charge in [-0.1, -0.05) is 6.07 Å². The summed E-state index contributed by atoms with van der Waals surface area (Å²) in [5, 5.41) is 0. The molecule has 3 rings (SSSR count). The van der Waals surface area contributed by atoms with Gasteiger partial charge in [0.05, 0.1) is 24.7 Å². The van der Waals surface area contributed by atoms with E-state index in [9.17, 15) is 13.2 Å². The van der Waals surface area contributed by atoms with Crippen LogP contribution in [0.2, 0.25) is 0 Å². The Balaban J connectivity index is 1.82. The lowest BCUT2D eigenvalue weighted by molar-refractivity contribution is 0.0302. The van der Waals surface area contributed by atoms with Crippen molar-refractivity contribution in [2.24, 2.45) is 0 Å². The number of nitrogens with zero attached hydrogens (tertiary/aromatic N) is 2. The van der Waals surface area contributed by atoms with Gasteiger partial charge in [-0.25, -0.2) is 8.42 Å². The van der Waals surface area contributed by atoms with E-state index < -0.39 is 10.0 Å². The second kappa shape index (κ2) is 7.60. The normalized spacial score (nSPS) is 20.6. The first-order valence-corrected chi connectivity index (χ1v) is 9.58. The zero-order valence-corrected chi connectivity index (χ0v) is 14.3. The Morgan fingerprint density at radius 3 is 2.46 bits per heavy atom. The molecule has 0 aromatic heterocycles. The first-order valence-electron chi connectivity index (χ1n) is 8.14. The molecule has 2 heterocycles. The summed E-state index contributed by atoms with van der Waals surface area (Å²) in [4.78, 5) is 14.4. The van der Waals surface area contributed by atoms with Gasteiger partial charge in [0.1, 0.15) is 0 Å². The SMILES string of the molecule is O=C(c1cccc(S(=O)(=O)N2CCCOCC2)c1)N1CCOCC1. The summed E-state index contributed by atoms with van der Waals surface area (Å²) in [6, 6.07) is 6.29. The highest BCUT2D eigenvalue weighted by Gasteiger charge is 2.27. The molecular formula is C16H22N2O5S. The quantitative estimate of drug-likeness (QED) is 0.793. The Hall–Kier alpha value is -1.48. The van der Waals surface area contributed by atoms with Crippen LogP contribution in [0.5, 0.6) is 0 Å². The van der Waals surface area contributed by atoms with Crippen molar-refractivity contribution in [1.29, 1.82) is 0 Å². The number of rotatable bonds is 3. The van der Waals surface area contributed by atoms with E-state index in [4.69, 9.17) is 9.47 Å². The maximum atomic E-state index is 12.8. The van der Waals surface area contributed by atoms with Gasteiger partial charge in [-0.15, -0.1) is 0 Å². The molecule has 0 aliphatic carbocycles. The fourth-order valence-corrected chi connectivity index (χ4v) is 4.36. The molecule has 0 unspecified atom stereocenters. The Labute approximate surface area is 142 Å². The minimum Gasteiger partial charge on any atom is -0.380 e. The third kappa shape index (κ3) is 3.77. The smallest absolute Gasteiger partial charge is 0.254 e. The molecule has 0 N–H and O–H groups in total. The van der Waals surface area contributed by atoms with E-state index in [1.807, 2.05) is 0 Å². The standard InChI is InChI=1S/C16H22N2O5S/c19-16(17-6-10-23-11-7-17)14-3-1-4-15(13-14)24(20,21)18-5-2-9-22-12-8-18/h1,3-4,13H,2,5-12H2. The fraction of sp³-hybridized carbons (Fsp3) is 0.562. The summed E-state index contributed by atoms with van der Waals surface area (Å²) >= 11 is 0. The molecule has 1 aromatic carbocycles. The van der Waals surface area contributed by atoms with Gasteiger partial charge in [-0.2, -0.15) is 4.31 Å². The number of carbonyl (C=O) groups is 1. The lowest BCUT2D eigenvalue weighted by Gasteiger charge is -2.27. The zero-order valence-electron chi connectivity index (χ0n) is 13.5. The third-order valence-corrected chi connectivity index (χ3v) is 6.09. The van der Waals surface area contributed by atoms with E-state index in [-0.39, 0.29) is 10.8 Å². The van der Waals surface area contributed by atoms with Crippen LogP contribution in [0, 0.1) is 0 Å². The van der Waals surface area contributed by atoms with E-state index in [2.05, 4.69) is 0 Å². The molecule has 0 radical (unpaired) electrons. The molecular weight excluding hydrogens is 332 g/mol. The van der Waals surface area contributed by atoms with Crippen molar-refractivity contribution in [3.8, 4) is 0 Å². The van der Waals surface area contributed by atoms with Gasteiger partial charge >= 0.3 is 0 Å². The predicted octanol–water partition coefficient (Wildman–Crippen LogP) is 0.570. The number of ether oxygens (including phenoxy) is 2. The van der Waals surface area contributed by atoms with Crippen molar-refractivity contribution in [3.05, 3.63) is 29.8 Å². The first kappa shape index (κ1) is 17.3. The Bertz CT molecular complexity index is 677. The minimum absolute atomic E-state index is 0.156. The maximum Gasteiger partial charge on any atom is 0.254 e. The topological polar surface area (TPSA) is 76.2 Å². The lowest BCUT2D eigenvalue weighted by Crippen LogP contribution is -2.40. The second-order valence-electron chi connectivity index (χ2n) is 5.80. The van der Waals surface area contributed by atoms with Crippen LogP contribution in [0.15, 0.2) is 29.2 Å². The van der Waals surface area contributed by atoms with E-state index in [1.165, 1.54) is 16.4 Å². The van der Waals surface area contributed by atoms with Crippen LogP contribution in [0.1, 0.15) is 16.8 Å². The van der Waals surface area contributed by atoms with Crippen molar-refractivity contribution in [3.63, 3.8) is 0 Å². The Morgan fingerprint density at radius 2 is 1.67 bits per heavy atom. The van der Waals surface area contributed by atoms with Gasteiger partial charge in [0.2, 0.25) is 10.0 Å². The molecule has 8 heteroatoms. The van der Waals surface area contributed by atoms with E-state index in [0.717, 1.165) is 0 Å². The molecule has 24 heavy (non-hydrogen) atoms. The second-order valence-corrected chi connectivity index (χ2v) is 7.74. The van der Waals surface area contributed by atoms with Crippen LogP contribution in [-0.4, -0.2) is 76.1 Å². The number of benzene rings is 1. The van der Waals surface area contributed by atoms with Crippen LogP contribution >= 0.6 is 0 Å². The van der Waals surface area contributed by atoms with Crippen molar-refractivity contribution >= 4 is 15.9 Å². The molecule has 2 fully saturated rings. The van der Waals surface area contributed by atoms with Crippen LogP contribution in [0.4, 0.5) is 0 Å². The van der Waals surface area contributed by atoms with Gasteiger partial charge in [-0.05, 0) is 24.6 Å². The van der Waals surface area contributed by atoms with Gasteiger partial charge < -0.3 is 14.4 Å². The van der Waals surface area contributed by atoms with Crippen molar-refractivity contribution in [2.75, 3.05) is 52.6 Å². The Morgan fingerprint density at radius 1 is 0.958 bits per heavy atom. The maximum absolute atomic E-state index is 12.8. The van der Waals surface area contributed by atoms with E-state index >= 15 is 0 Å². The molecule has 1 aromatic rings. The molecule has 0 atom stereocenters. The van der Waals surface area contributed by atoms with Crippen molar-refractivity contribution in [2.45, 2.75) is 11.3 Å². The molecule has 1 amide bonds. The highest BCUT2D eigenvalue weighted by Crippen LogP contribution is 2.19. The van der Waals surface area contributed by atoms with Crippen LogP contribution in [-0.2, 0) is 19.5 Å². The molecule has 132 valence electrons. The summed E-state index contributed by atoms with van der Waals surface area (Å²) < 4.78 is 37.6. The Kier molecular flexibility index (Phi) is 5.50. The van der Waals surface area contributed by atoms with Crippen LogP contribution < -0.4 is 0 Å². The highest BCUT2D eigenvalue weighted by atomic mass is 32.2. The van der Waals surface area contributed by atoms with Gasteiger partial charge in [0, 0.05) is 38.3 Å². The first-order chi connectivity index (χ1) is 11.6. The summed E-state index contributed by atoms with van der Waals surface area (Å²) in [5.41, 5.74) is 0.393. The van der Waals surface area contributed by atoms with Crippen molar-refractivity contribution < 1.29 is 22.7 Å². The summed E-state index contributed by atoms with van der Waals surface area (Å²) in [5.74, 6) is -0.158. The summed E-state index contributed by atoms with van der Waals surface area (Å²) in [7, 11) is -3.61. The zero-order chi connectivity index (χ0) is 17.0. The van der Waals surface area contributed by atoms with E-state index in [1.54, 1.807) is 17.0 Å². The number of carbonyl (C=O) groups excluding carboxylic acids is 1. The molecule has 2 aliphatic heterocycles. The molecule has 7 nitrogen and oxygen atoms in total. The lowest BCUT2D eigenvalue weighted by atomic mass is 10.2. The number of amides is 1. The minimum atomic E-state index is -3.61. The molecule has 0 bridgehead atoms. The number of hydrogen-bond donors (Lipinski definition) is 0. The van der Waals surface area contributed by atoms with Gasteiger partial charge in [0.15, 0.2) is 0 Å². The number of morpholine rings is 1. The van der Waals surface area contributed by atoms with Crippen LogP contribution in [0.25, 0.3) is 0 Å². The van der Waals surface area contributed by atoms with Gasteiger partial charge in [0.25, 0.3) is 5.91 Å². The van der Waals surface area contributed by atoms with Gasteiger partial charge in [-0.3, -0.25) is 4.79 Å². The molecule has 0 saturated carbocycles. The van der Waals surface area contributed by atoms with Crippen molar-refractivity contribution in [1.82, 2.24) is 9.21 Å². The summed E-state index contributed by atoms with van der Waals surface area (Å²) in [6.07, 6.45) is 0.672. The summed E-state index contributed by atoms with van der Waals surface area (Å²) in [6.45, 7) is 3.81. The number of hydrogen-bond acceptors (Lipinski definition) is 5. The largest absolute Gasteiger partial charge is 0.380 e. The van der Waals surface area contributed by atoms with E-state index in [0.29, 0.717) is 64.6 Å². The number of sulfonamides is 1.